The van der Waals surface area contributed by atoms with Gasteiger partial charge in [0.2, 0.25) is 5.28 Å². The molecular formula is C9H7BrClN3O2. The van der Waals surface area contributed by atoms with E-state index in [1.54, 1.807) is 6.92 Å². The second-order valence-corrected chi connectivity index (χ2v) is 4.11. The van der Waals surface area contributed by atoms with Gasteiger partial charge < -0.3 is 4.74 Å². The molecule has 0 N–H and O–H groups in total. The van der Waals surface area contributed by atoms with Crippen molar-refractivity contribution in [1.29, 1.82) is 0 Å². The maximum atomic E-state index is 11.5. The van der Waals surface area contributed by atoms with Gasteiger partial charge >= 0.3 is 5.97 Å². The van der Waals surface area contributed by atoms with Gasteiger partial charge in [-0.2, -0.15) is 0 Å². The van der Waals surface area contributed by atoms with Gasteiger partial charge in [-0.1, -0.05) is 0 Å². The number of nitrogens with zero attached hydrogens (tertiary/aromatic N) is 3. The molecule has 0 radical (unpaired) electrons. The van der Waals surface area contributed by atoms with Crippen LogP contribution in [0.25, 0.3) is 5.65 Å². The molecule has 0 unspecified atom stereocenters. The molecule has 7 heteroatoms. The van der Waals surface area contributed by atoms with Crippen LogP contribution >= 0.6 is 27.5 Å². The lowest BCUT2D eigenvalue weighted by Gasteiger charge is -1.96. The van der Waals surface area contributed by atoms with E-state index in [1.807, 2.05) is 0 Å². The summed E-state index contributed by atoms with van der Waals surface area (Å²) in [5, 5.41) is 0.237. The van der Waals surface area contributed by atoms with Gasteiger partial charge in [-0.05, 0) is 34.5 Å². The molecule has 16 heavy (non-hydrogen) atoms. The van der Waals surface area contributed by atoms with Gasteiger partial charge in [-0.15, -0.1) is 0 Å². The normalized spacial score (nSPS) is 10.7. The molecule has 0 saturated heterocycles. The monoisotopic (exact) mass is 303 g/mol. The first-order chi connectivity index (χ1) is 7.63. The van der Waals surface area contributed by atoms with Gasteiger partial charge in [0.1, 0.15) is 0 Å². The fraction of sp³-hybridized carbons (Fsp3) is 0.222. The Balaban J connectivity index is 2.55. The fourth-order valence-corrected chi connectivity index (χ4v) is 1.78. The van der Waals surface area contributed by atoms with Crippen LogP contribution in [0.3, 0.4) is 0 Å². The minimum Gasteiger partial charge on any atom is -0.461 e. The zero-order valence-electron chi connectivity index (χ0n) is 8.28. The molecule has 0 saturated carbocycles. The average Bonchev–Trinajstić information content (AvgIpc) is 2.70. The number of aromatic nitrogens is 3. The quantitative estimate of drug-likeness (QED) is 0.631. The van der Waals surface area contributed by atoms with Crippen LogP contribution in [0.2, 0.25) is 5.28 Å². The maximum absolute atomic E-state index is 11.5. The maximum Gasteiger partial charge on any atom is 0.358 e. The van der Waals surface area contributed by atoms with E-state index in [-0.39, 0.29) is 11.0 Å². The number of rotatable bonds is 2. The number of carbonyl (C=O) groups excluding carboxylic acids is 1. The van der Waals surface area contributed by atoms with Gasteiger partial charge in [0.25, 0.3) is 0 Å². The van der Waals surface area contributed by atoms with Crippen LogP contribution < -0.4 is 0 Å². The average molecular weight is 305 g/mol. The lowest BCUT2D eigenvalue weighted by molar-refractivity contribution is 0.0520. The summed E-state index contributed by atoms with van der Waals surface area (Å²) in [6.45, 7) is 2.04. The molecule has 0 aliphatic rings. The number of imidazole rings is 1. The summed E-state index contributed by atoms with van der Waals surface area (Å²) in [6, 6.07) is 0. The Morgan fingerprint density at radius 3 is 3.06 bits per heavy atom. The molecular weight excluding hydrogens is 297 g/mol. The highest BCUT2D eigenvalue weighted by molar-refractivity contribution is 9.10. The number of ether oxygens (including phenoxy) is 1. The van der Waals surface area contributed by atoms with E-state index in [4.69, 9.17) is 16.3 Å². The Morgan fingerprint density at radius 1 is 1.69 bits per heavy atom. The predicted octanol–water partition coefficient (Wildman–Crippen LogP) is 2.32. The molecule has 0 aromatic carbocycles. The minimum absolute atomic E-state index is 0.206. The van der Waals surface area contributed by atoms with Crippen LogP contribution in [0, 0.1) is 0 Å². The minimum atomic E-state index is -0.478. The zero-order valence-corrected chi connectivity index (χ0v) is 10.6. The van der Waals surface area contributed by atoms with E-state index in [0.717, 1.165) is 0 Å². The van der Waals surface area contributed by atoms with E-state index >= 15 is 0 Å². The van der Waals surface area contributed by atoms with Crippen molar-refractivity contribution in [3.05, 3.63) is 27.8 Å². The summed E-state index contributed by atoms with van der Waals surface area (Å²) >= 11 is 9.14. The number of esters is 1. The molecule has 0 fully saturated rings. The van der Waals surface area contributed by atoms with Crippen molar-refractivity contribution < 1.29 is 9.53 Å². The molecule has 0 aliphatic heterocycles. The van der Waals surface area contributed by atoms with Gasteiger partial charge in [0.05, 0.1) is 11.1 Å². The van der Waals surface area contributed by atoms with E-state index < -0.39 is 5.97 Å². The van der Waals surface area contributed by atoms with Crippen LogP contribution in [0.4, 0.5) is 0 Å². The van der Waals surface area contributed by atoms with E-state index in [1.165, 1.54) is 16.8 Å². The molecule has 0 bridgehead atoms. The van der Waals surface area contributed by atoms with Crippen molar-refractivity contribution in [2.75, 3.05) is 6.61 Å². The first kappa shape index (κ1) is 11.3. The Kier molecular flexibility index (Phi) is 3.11. The number of carbonyl (C=O) groups is 1. The third-order valence-electron chi connectivity index (χ3n) is 1.89. The van der Waals surface area contributed by atoms with Crippen molar-refractivity contribution in [2.45, 2.75) is 6.92 Å². The van der Waals surface area contributed by atoms with Gasteiger partial charge in [-0.3, -0.25) is 4.40 Å². The molecule has 5 nitrogen and oxygen atoms in total. The van der Waals surface area contributed by atoms with Crippen molar-refractivity contribution in [1.82, 2.24) is 14.4 Å². The van der Waals surface area contributed by atoms with E-state index in [0.29, 0.717) is 16.7 Å². The zero-order chi connectivity index (χ0) is 11.7. The van der Waals surface area contributed by atoms with E-state index in [2.05, 4.69) is 25.9 Å². The fourth-order valence-electron chi connectivity index (χ4n) is 1.22. The van der Waals surface area contributed by atoms with Crippen molar-refractivity contribution in [3.63, 3.8) is 0 Å². The smallest absolute Gasteiger partial charge is 0.358 e. The highest BCUT2D eigenvalue weighted by Gasteiger charge is 2.14. The first-order valence-corrected chi connectivity index (χ1v) is 5.66. The molecule has 0 aliphatic carbocycles. The molecule has 2 aromatic heterocycles. The van der Waals surface area contributed by atoms with Gasteiger partial charge in [0.15, 0.2) is 11.3 Å². The molecule has 2 rings (SSSR count). The number of hydrogen-bond donors (Lipinski definition) is 0. The van der Waals surface area contributed by atoms with Gasteiger partial charge in [0, 0.05) is 12.4 Å². The van der Waals surface area contributed by atoms with Crippen LogP contribution in [-0.2, 0) is 4.74 Å². The lowest BCUT2D eigenvalue weighted by Crippen LogP contribution is -2.04. The van der Waals surface area contributed by atoms with Crippen LogP contribution in [0.1, 0.15) is 17.4 Å². The Bertz CT molecular complexity index is 516. The molecule has 2 aromatic rings. The second-order valence-electron chi connectivity index (χ2n) is 2.92. The lowest BCUT2D eigenvalue weighted by atomic mass is 10.5. The SMILES string of the molecule is CCOC(=O)c1cn2c(Cl)ncc(Br)c2n1. The summed E-state index contributed by atoms with van der Waals surface area (Å²) < 4.78 is 7.02. The third-order valence-corrected chi connectivity index (χ3v) is 2.73. The van der Waals surface area contributed by atoms with Crippen LogP contribution in [0.15, 0.2) is 16.9 Å². The molecule has 0 amide bonds. The predicted molar refractivity (Wildman–Crippen MR) is 61.7 cm³/mol. The van der Waals surface area contributed by atoms with Crippen molar-refractivity contribution in [3.8, 4) is 0 Å². The molecule has 0 atom stereocenters. The van der Waals surface area contributed by atoms with Crippen LogP contribution in [0.5, 0.6) is 0 Å². The van der Waals surface area contributed by atoms with E-state index in [9.17, 15) is 4.79 Å². The number of halogens is 2. The third kappa shape index (κ3) is 1.90. The first-order valence-electron chi connectivity index (χ1n) is 4.49. The summed E-state index contributed by atoms with van der Waals surface area (Å²) in [5.74, 6) is -0.478. The summed E-state index contributed by atoms with van der Waals surface area (Å²) in [7, 11) is 0. The molecule has 84 valence electrons. The number of fused-ring (bicyclic) bond motifs is 1. The van der Waals surface area contributed by atoms with Crippen molar-refractivity contribution in [2.24, 2.45) is 0 Å². The summed E-state index contributed by atoms with van der Waals surface area (Å²) in [5.41, 5.74) is 0.737. The number of hydrogen-bond acceptors (Lipinski definition) is 4. The Labute approximate surface area is 105 Å². The highest BCUT2D eigenvalue weighted by Crippen LogP contribution is 2.20. The highest BCUT2D eigenvalue weighted by atomic mass is 79.9. The second kappa shape index (κ2) is 4.39. The Hall–Kier alpha value is -1.14. The summed E-state index contributed by atoms with van der Waals surface area (Å²) in [6.07, 6.45) is 3.02. The largest absolute Gasteiger partial charge is 0.461 e. The molecule has 2 heterocycles. The van der Waals surface area contributed by atoms with Crippen molar-refractivity contribution >= 4 is 39.1 Å². The van der Waals surface area contributed by atoms with Gasteiger partial charge in [-0.25, -0.2) is 14.8 Å². The Morgan fingerprint density at radius 2 is 2.44 bits per heavy atom. The summed E-state index contributed by atoms with van der Waals surface area (Å²) in [4.78, 5) is 19.5. The van der Waals surface area contributed by atoms with Crippen LogP contribution in [-0.4, -0.2) is 26.9 Å². The standard InChI is InChI=1S/C9H7BrClN3O2/c1-2-16-8(15)6-4-14-7(13-6)5(10)3-12-9(14)11/h3-4H,2H2,1H3. The molecule has 0 spiro atoms. The topological polar surface area (TPSA) is 56.5 Å².